The second-order valence-corrected chi connectivity index (χ2v) is 7.81. The Kier molecular flexibility index (Phi) is 8.06. The molecule has 32 heavy (non-hydrogen) atoms. The fourth-order valence-electron chi connectivity index (χ4n) is 3.78. The van der Waals surface area contributed by atoms with Crippen molar-refractivity contribution in [1.29, 1.82) is 0 Å². The average Bonchev–Trinajstić information content (AvgIpc) is 3.07. The van der Waals surface area contributed by atoms with E-state index in [2.05, 4.69) is 6.92 Å². The van der Waals surface area contributed by atoms with Gasteiger partial charge in [-0.1, -0.05) is 56.7 Å². The second kappa shape index (κ2) is 11.0. The van der Waals surface area contributed by atoms with E-state index in [1.807, 2.05) is 43.3 Å². The van der Waals surface area contributed by atoms with Crippen LogP contribution in [0.3, 0.4) is 0 Å². The summed E-state index contributed by atoms with van der Waals surface area (Å²) in [6.45, 7) is 5.31. The molecule has 0 aliphatic carbocycles. The Hall–Kier alpha value is -3.12. The zero-order chi connectivity index (χ0) is 23.1. The smallest absolute Gasteiger partial charge is 0.295 e. The van der Waals surface area contributed by atoms with Gasteiger partial charge in [-0.3, -0.25) is 9.59 Å². The molecule has 0 radical (unpaired) electrons. The number of amides is 1. The van der Waals surface area contributed by atoms with Crippen LogP contribution in [-0.4, -0.2) is 48.6 Å². The molecule has 2 aromatic carbocycles. The number of hydrogen-bond donors (Lipinski definition) is 1. The number of rotatable bonds is 10. The molecule has 0 aromatic heterocycles. The summed E-state index contributed by atoms with van der Waals surface area (Å²) in [5.74, 6) is -0.765. The molecule has 2 aromatic rings. The fraction of sp³-hybridized carbons (Fsp3) is 0.385. The van der Waals surface area contributed by atoms with Crippen molar-refractivity contribution in [3.8, 4) is 5.75 Å². The van der Waals surface area contributed by atoms with Crippen LogP contribution in [0.4, 0.5) is 0 Å². The Balaban J connectivity index is 2.01. The number of carbonyl (C=O) groups is 2. The second-order valence-electron chi connectivity index (χ2n) is 7.81. The lowest BCUT2D eigenvalue weighted by molar-refractivity contribution is -0.140. The number of aliphatic hydroxyl groups excluding tert-OH is 1. The summed E-state index contributed by atoms with van der Waals surface area (Å²) in [6.07, 6.45) is 2.89. The predicted octanol–water partition coefficient (Wildman–Crippen LogP) is 4.50. The van der Waals surface area contributed by atoms with E-state index < -0.39 is 17.7 Å². The van der Waals surface area contributed by atoms with E-state index in [0.29, 0.717) is 12.2 Å². The number of aliphatic hydroxyl groups is 1. The van der Waals surface area contributed by atoms with Crippen molar-refractivity contribution >= 4 is 17.4 Å². The van der Waals surface area contributed by atoms with E-state index in [-0.39, 0.29) is 24.5 Å². The first kappa shape index (κ1) is 23.5. The van der Waals surface area contributed by atoms with Gasteiger partial charge in [0.15, 0.2) is 0 Å². The zero-order valence-electron chi connectivity index (χ0n) is 19.0. The van der Waals surface area contributed by atoms with E-state index in [4.69, 9.17) is 9.47 Å². The molecular weight excluding hydrogens is 406 g/mol. The Morgan fingerprint density at radius 1 is 1.00 bits per heavy atom. The van der Waals surface area contributed by atoms with Gasteiger partial charge in [-0.05, 0) is 36.1 Å². The number of ether oxygens (including phenoxy) is 2. The number of aryl methyl sites for hydroxylation is 1. The van der Waals surface area contributed by atoms with Gasteiger partial charge in [0.1, 0.15) is 11.5 Å². The first-order valence-corrected chi connectivity index (χ1v) is 11.1. The van der Waals surface area contributed by atoms with E-state index in [1.54, 1.807) is 19.2 Å². The quantitative estimate of drug-likeness (QED) is 0.256. The van der Waals surface area contributed by atoms with E-state index in [1.165, 1.54) is 4.90 Å². The molecule has 0 bridgehead atoms. The number of methoxy groups -OCH3 is 1. The van der Waals surface area contributed by atoms with Gasteiger partial charge in [0, 0.05) is 19.2 Å². The number of Topliss-reactive ketones (excluding diaryl/α,β-unsaturated/α-hetero) is 1. The Morgan fingerprint density at radius 3 is 2.28 bits per heavy atom. The molecule has 1 fully saturated rings. The van der Waals surface area contributed by atoms with Gasteiger partial charge in [-0.2, -0.15) is 0 Å². The highest BCUT2D eigenvalue weighted by Crippen LogP contribution is 2.39. The number of carbonyl (C=O) groups excluding carboxylic acids is 2. The van der Waals surface area contributed by atoms with Gasteiger partial charge < -0.3 is 19.5 Å². The molecule has 1 amide bonds. The average molecular weight is 438 g/mol. The van der Waals surface area contributed by atoms with Crippen LogP contribution < -0.4 is 4.74 Å². The van der Waals surface area contributed by atoms with Crippen molar-refractivity contribution in [3.63, 3.8) is 0 Å². The zero-order valence-corrected chi connectivity index (χ0v) is 19.0. The molecule has 1 saturated heterocycles. The van der Waals surface area contributed by atoms with Crippen molar-refractivity contribution in [2.24, 2.45) is 0 Å². The molecule has 1 heterocycles. The third-order valence-electron chi connectivity index (χ3n) is 5.67. The van der Waals surface area contributed by atoms with E-state index in [9.17, 15) is 14.7 Å². The molecule has 1 atom stereocenters. The molecule has 6 heteroatoms. The maximum atomic E-state index is 13.0. The molecule has 0 saturated carbocycles. The summed E-state index contributed by atoms with van der Waals surface area (Å²) < 4.78 is 10.9. The van der Waals surface area contributed by atoms with Gasteiger partial charge in [0.25, 0.3) is 11.7 Å². The molecule has 6 nitrogen and oxygen atoms in total. The highest BCUT2D eigenvalue weighted by Gasteiger charge is 2.45. The Labute approximate surface area is 189 Å². The summed E-state index contributed by atoms with van der Waals surface area (Å²) in [5.41, 5.74) is 2.46. The first-order chi connectivity index (χ1) is 15.5. The summed E-state index contributed by atoms with van der Waals surface area (Å²) >= 11 is 0. The number of unbranched alkanes of at least 4 members (excludes halogenated alkanes) is 1. The lowest BCUT2D eigenvalue weighted by atomic mass is 9.95. The molecule has 1 unspecified atom stereocenters. The highest BCUT2D eigenvalue weighted by molar-refractivity contribution is 6.46. The van der Waals surface area contributed by atoms with Crippen LogP contribution in [0, 0.1) is 0 Å². The molecule has 1 N–H and O–H groups in total. The minimum absolute atomic E-state index is 0.0926. The topological polar surface area (TPSA) is 76.1 Å². The van der Waals surface area contributed by atoms with Crippen LogP contribution in [0.1, 0.15) is 49.4 Å². The number of ketones is 1. The number of hydrogen-bond acceptors (Lipinski definition) is 5. The molecule has 0 spiro atoms. The van der Waals surface area contributed by atoms with E-state index >= 15 is 0 Å². The maximum Gasteiger partial charge on any atom is 0.295 e. The fourth-order valence-corrected chi connectivity index (χ4v) is 3.78. The minimum Gasteiger partial charge on any atom is -0.507 e. The van der Waals surface area contributed by atoms with Gasteiger partial charge in [0.2, 0.25) is 0 Å². The van der Waals surface area contributed by atoms with Gasteiger partial charge in [-0.15, -0.1) is 0 Å². The predicted molar refractivity (Wildman–Crippen MR) is 124 cm³/mol. The lowest BCUT2D eigenvalue weighted by Crippen LogP contribution is -2.32. The number of likely N-dealkylation sites (tertiary alicyclic amines) is 1. The monoisotopic (exact) mass is 437 g/mol. The Bertz CT molecular complexity index is 963. The van der Waals surface area contributed by atoms with E-state index in [0.717, 1.165) is 36.1 Å². The third kappa shape index (κ3) is 5.02. The van der Waals surface area contributed by atoms with Crippen molar-refractivity contribution < 1.29 is 24.2 Å². The lowest BCUT2D eigenvalue weighted by Gasteiger charge is -2.25. The molecule has 3 rings (SSSR count). The highest BCUT2D eigenvalue weighted by atomic mass is 16.5. The first-order valence-electron chi connectivity index (χ1n) is 11.1. The van der Waals surface area contributed by atoms with Gasteiger partial charge in [-0.25, -0.2) is 0 Å². The van der Waals surface area contributed by atoms with Crippen LogP contribution >= 0.6 is 0 Å². The maximum absolute atomic E-state index is 13.0. The molecule has 1 aliphatic rings. The number of benzene rings is 2. The van der Waals surface area contributed by atoms with Crippen LogP contribution in [0.25, 0.3) is 5.76 Å². The molecular formula is C26H31NO5. The van der Waals surface area contributed by atoms with Crippen LogP contribution in [-0.2, 0) is 20.7 Å². The summed E-state index contributed by atoms with van der Waals surface area (Å²) in [4.78, 5) is 27.3. The molecule has 170 valence electrons. The minimum atomic E-state index is -0.694. The summed E-state index contributed by atoms with van der Waals surface area (Å²) in [5, 5.41) is 11.1. The summed E-state index contributed by atoms with van der Waals surface area (Å²) in [7, 11) is 1.54. The van der Waals surface area contributed by atoms with Crippen LogP contribution in [0.15, 0.2) is 54.1 Å². The van der Waals surface area contributed by atoms with Crippen LogP contribution in [0.5, 0.6) is 5.75 Å². The summed E-state index contributed by atoms with van der Waals surface area (Å²) in [6, 6.07) is 14.0. The third-order valence-corrected chi connectivity index (χ3v) is 5.67. The normalized spacial score (nSPS) is 17.7. The molecule has 1 aliphatic heterocycles. The largest absolute Gasteiger partial charge is 0.507 e. The van der Waals surface area contributed by atoms with Crippen LogP contribution in [0.2, 0.25) is 0 Å². The van der Waals surface area contributed by atoms with Gasteiger partial charge >= 0.3 is 0 Å². The van der Waals surface area contributed by atoms with Crippen molar-refractivity contribution in [2.45, 2.75) is 39.2 Å². The van der Waals surface area contributed by atoms with Crippen molar-refractivity contribution in [3.05, 3.63) is 70.8 Å². The van der Waals surface area contributed by atoms with Crippen molar-refractivity contribution in [1.82, 2.24) is 4.90 Å². The van der Waals surface area contributed by atoms with Crippen molar-refractivity contribution in [2.75, 3.05) is 26.9 Å². The standard InChI is InChI=1S/C26H31NO5/c1-4-6-16-32-21-13-11-19(12-14-21)23-22(25(29)26(30)27(23)15-17-31-3)24(28)20-9-7-18(5-2)8-10-20/h7-14,23,28H,4-6,15-17H2,1-3H3/b24-22-. The van der Waals surface area contributed by atoms with Gasteiger partial charge in [0.05, 0.1) is 24.8 Å². The SMILES string of the molecule is CCCCOc1ccc(C2/C(=C(/O)c3ccc(CC)cc3)C(=O)C(=O)N2CCOC)cc1. The number of nitrogens with zero attached hydrogens (tertiary/aromatic N) is 1. The Morgan fingerprint density at radius 2 is 1.69 bits per heavy atom.